The highest BCUT2D eigenvalue weighted by molar-refractivity contribution is 7.92. The minimum Gasteiger partial charge on any atom is -0.461 e. The van der Waals surface area contributed by atoms with E-state index in [9.17, 15) is 8.42 Å². The summed E-state index contributed by atoms with van der Waals surface area (Å²) >= 11 is 0. The summed E-state index contributed by atoms with van der Waals surface area (Å²) < 4.78 is 33.1. The maximum atomic E-state index is 12.4. The van der Waals surface area contributed by atoms with Crippen LogP contribution in [0, 0.1) is 13.8 Å². The van der Waals surface area contributed by atoms with E-state index in [1.165, 1.54) is 24.5 Å². The summed E-state index contributed by atoms with van der Waals surface area (Å²) in [5.74, 6) is 1.51. The maximum Gasteiger partial charge on any atom is 0.262 e. The first-order valence-corrected chi connectivity index (χ1v) is 8.54. The number of pyridine rings is 1. The van der Waals surface area contributed by atoms with Gasteiger partial charge in [0.25, 0.3) is 10.0 Å². The molecule has 0 aliphatic rings. The van der Waals surface area contributed by atoms with Crippen LogP contribution in [0.25, 0.3) is 11.3 Å². The molecule has 2 heterocycles. The molecule has 0 bridgehead atoms. The molecule has 0 atom stereocenters. The van der Waals surface area contributed by atoms with Crippen molar-refractivity contribution in [1.82, 2.24) is 4.98 Å². The molecule has 0 aliphatic carbocycles. The van der Waals surface area contributed by atoms with Crippen molar-refractivity contribution >= 4 is 15.7 Å². The third-order valence-electron chi connectivity index (χ3n) is 3.47. The van der Waals surface area contributed by atoms with E-state index in [-0.39, 0.29) is 4.90 Å². The largest absolute Gasteiger partial charge is 0.461 e. The molecule has 0 radical (unpaired) electrons. The zero-order chi connectivity index (χ0) is 16.4. The normalized spacial score (nSPS) is 11.4. The fourth-order valence-corrected chi connectivity index (χ4v) is 3.30. The Morgan fingerprint density at radius 2 is 1.74 bits per heavy atom. The maximum absolute atomic E-state index is 12.4. The van der Waals surface area contributed by atoms with Crippen LogP contribution in [0.15, 0.2) is 64.2 Å². The Hall–Kier alpha value is -2.60. The van der Waals surface area contributed by atoms with E-state index in [0.717, 1.165) is 16.9 Å². The van der Waals surface area contributed by atoms with Crippen LogP contribution in [-0.4, -0.2) is 13.4 Å². The van der Waals surface area contributed by atoms with Gasteiger partial charge in [-0.3, -0.25) is 9.71 Å². The van der Waals surface area contributed by atoms with Gasteiger partial charge in [-0.25, -0.2) is 8.42 Å². The number of nitrogens with one attached hydrogen (secondary N) is 1. The number of anilines is 1. The van der Waals surface area contributed by atoms with Gasteiger partial charge in [0.2, 0.25) is 0 Å². The molecule has 0 fully saturated rings. The van der Waals surface area contributed by atoms with Gasteiger partial charge in [0.1, 0.15) is 11.5 Å². The first kappa shape index (κ1) is 15.3. The Kier molecular flexibility index (Phi) is 3.92. The Morgan fingerprint density at radius 1 is 1.00 bits per heavy atom. The van der Waals surface area contributed by atoms with Crippen molar-refractivity contribution in [3.8, 4) is 11.3 Å². The smallest absolute Gasteiger partial charge is 0.262 e. The Balaban J connectivity index is 1.97. The van der Waals surface area contributed by atoms with E-state index >= 15 is 0 Å². The number of hydrogen-bond donors (Lipinski definition) is 1. The first-order valence-electron chi connectivity index (χ1n) is 7.06. The Morgan fingerprint density at radius 3 is 2.39 bits per heavy atom. The van der Waals surface area contributed by atoms with Gasteiger partial charge in [0.15, 0.2) is 0 Å². The second kappa shape index (κ2) is 5.89. The molecule has 0 saturated carbocycles. The number of rotatable bonds is 4. The van der Waals surface area contributed by atoms with Crippen LogP contribution in [-0.2, 0) is 10.0 Å². The zero-order valence-corrected chi connectivity index (χ0v) is 13.6. The van der Waals surface area contributed by atoms with Crippen molar-refractivity contribution in [1.29, 1.82) is 0 Å². The summed E-state index contributed by atoms with van der Waals surface area (Å²) in [6, 6.07) is 12.2. The predicted molar refractivity (Wildman–Crippen MR) is 88.7 cm³/mol. The highest BCUT2D eigenvalue weighted by Crippen LogP contribution is 2.28. The number of hydrogen-bond acceptors (Lipinski definition) is 4. The van der Waals surface area contributed by atoms with Crippen molar-refractivity contribution in [3.05, 3.63) is 66.2 Å². The lowest BCUT2D eigenvalue weighted by atomic mass is 10.1. The Labute approximate surface area is 135 Å². The summed E-state index contributed by atoms with van der Waals surface area (Å²) in [7, 11) is -3.65. The number of nitrogens with zero attached hydrogens (tertiary/aromatic N) is 1. The molecule has 0 unspecified atom stereocenters. The van der Waals surface area contributed by atoms with E-state index in [2.05, 4.69) is 9.71 Å². The van der Waals surface area contributed by atoms with Gasteiger partial charge in [-0.2, -0.15) is 0 Å². The van der Waals surface area contributed by atoms with E-state index in [1.807, 2.05) is 38.1 Å². The molecule has 5 nitrogen and oxygen atoms in total. The van der Waals surface area contributed by atoms with Crippen molar-refractivity contribution in [2.45, 2.75) is 18.7 Å². The van der Waals surface area contributed by atoms with E-state index < -0.39 is 10.0 Å². The van der Waals surface area contributed by atoms with Gasteiger partial charge >= 0.3 is 0 Å². The topological polar surface area (TPSA) is 72.2 Å². The van der Waals surface area contributed by atoms with E-state index in [1.54, 1.807) is 6.07 Å². The van der Waals surface area contributed by atoms with Crippen LogP contribution in [0.3, 0.4) is 0 Å². The molecule has 0 saturated heterocycles. The quantitative estimate of drug-likeness (QED) is 0.791. The summed E-state index contributed by atoms with van der Waals surface area (Å²) in [5.41, 5.74) is 2.17. The lowest BCUT2D eigenvalue weighted by Gasteiger charge is -2.11. The van der Waals surface area contributed by atoms with Gasteiger partial charge in [-0.15, -0.1) is 0 Å². The van der Waals surface area contributed by atoms with Crippen LogP contribution in [0.1, 0.15) is 11.3 Å². The van der Waals surface area contributed by atoms with Gasteiger partial charge in [-0.05, 0) is 49.7 Å². The summed E-state index contributed by atoms with van der Waals surface area (Å²) in [6.07, 6.45) is 2.90. The third-order valence-corrected chi connectivity index (χ3v) is 4.85. The summed E-state index contributed by atoms with van der Waals surface area (Å²) in [5, 5.41) is 0. The lowest BCUT2D eigenvalue weighted by Crippen LogP contribution is -2.13. The van der Waals surface area contributed by atoms with Crippen molar-refractivity contribution < 1.29 is 12.8 Å². The first-order chi connectivity index (χ1) is 11.0. The molecule has 2 aromatic heterocycles. The SMILES string of the molecule is Cc1ccc(-c2ccc(C)c(NS(=O)(=O)c3ccncc3)c2)o1. The van der Waals surface area contributed by atoms with E-state index in [0.29, 0.717) is 11.4 Å². The number of aromatic nitrogens is 1. The average Bonchev–Trinajstić information content (AvgIpc) is 2.97. The molecule has 3 aromatic rings. The van der Waals surface area contributed by atoms with Crippen molar-refractivity contribution in [3.63, 3.8) is 0 Å². The Bertz CT molecular complexity index is 931. The number of furan rings is 1. The molecule has 0 spiro atoms. The molecule has 0 amide bonds. The number of sulfonamides is 1. The van der Waals surface area contributed by atoms with Crippen LogP contribution in [0.4, 0.5) is 5.69 Å². The fraction of sp³-hybridized carbons (Fsp3) is 0.118. The summed E-state index contributed by atoms with van der Waals surface area (Å²) in [4.78, 5) is 4.01. The molecular weight excluding hydrogens is 312 g/mol. The second-order valence-electron chi connectivity index (χ2n) is 5.23. The van der Waals surface area contributed by atoms with Gasteiger partial charge < -0.3 is 4.42 Å². The number of benzene rings is 1. The molecular formula is C17H16N2O3S. The van der Waals surface area contributed by atoms with Crippen LogP contribution < -0.4 is 4.72 Å². The van der Waals surface area contributed by atoms with Gasteiger partial charge in [0.05, 0.1) is 10.6 Å². The molecule has 1 N–H and O–H groups in total. The van der Waals surface area contributed by atoms with E-state index in [4.69, 9.17) is 4.42 Å². The van der Waals surface area contributed by atoms with Crippen LogP contribution in [0.5, 0.6) is 0 Å². The second-order valence-corrected chi connectivity index (χ2v) is 6.91. The van der Waals surface area contributed by atoms with Crippen molar-refractivity contribution in [2.24, 2.45) is 0 Å². The molecule has 23 heavy (non-hydrogen) atoms. The molecule has 118 valence electrons. The van der Waals surface area contributed by atoms with Crippen LogP contribution in [0.2, 0.25) is 0 Å². The third kappa shape index (κ3) is 3.27. The molecule has 0 aliphatic heterocycles. The van der Waals surface area contributed by atoms with Gasteiger partial charge in [-0.1, -0.05) is 12.1 Å². The highest BCUT2D eigenvalue weighted by Gasteiger charge is 2.16. The molecule has 3 rings (SSSR count). The zero-order valence-electron chi connectivity index (χ0n) is 12.8. The fourth-order valence-electron chi connectivity index (χ4n) is 2.20. The average molecular weight is 328 g/mol. The van der Waals surface area contributed by atoms with Gasteiger partial charge in [0, 0.05) is 18.0 Å². The summed E-state index contributed by atoms with van der Waals surface area (Å²) in [6.45, 7) is 3.71. The van der Waals surface area contributed by atoms with Crippen molar-refractivity contribution in [2.75, 3.05) is 4.72 Å². The minimum absolute atomic E-state index is 0.172. The lowest BCUT2D eigenvalue weighted by molar-refractivity contribution is 0.548. The highest BCUT2D eigenvalue weighted by atomic mass is 32.2. The van der Waals surface area contributed by atoms with Crippen LogP contribution >= 0.6 is 0 Å². The standard InChI is InChI=1S/C17H16N2O3S/c1-12-3-5-14(17-6-4-13(2)22-17)11-16(12)19-23(20,21)15-7-9-18-10-8-15/h3-11,19H,1-2H3. The monoisotopic (exact) mass is 328 g/mol. The molecule has 6 heteroatoms. The number of aryl methyl sites for hydroxylation is 2. The minimum atomic E-state index is -3.65. The predicted octanol–water partition coefficient (Wildman–Crippen LogP) is 3.76. The molecule has 1 aromatic carbocycles.